The van der Waals surface area contributed by atoms with E-state index < -0.39 is 5.97 Å². The van der Waals surface area contributed by atoms with Gasteiger partial charge in [0.05, 0.1) is 5.97 Å². The summed E-state index contributed by atoms with van der Waals surface area (Å²) in [6.07, 6.45) is 0. The molecule has 0 amide bonds. The van der Waals surface area contributed by atoms with Crippen molar-refractivity contribution in [3.63, 3.8) is 0 Å². The van der Waals surface area contributed by atoms with Crippen LogP contribution in [0.1, 0.15) is 10.4 Å². The van der Waals surface area contributed by atoms with Crippen molar-refractivity contribution >= 4 is 5.97 Å². The largest absolute Gasteiger partial charge is 1.00 e. The van der Waals surface area contributed by atoms with Crippen molar-refractivity contribution < 1.29 is 22.3 Å². The maximum Gasteiger partial charge on any atom is 1.00 e. The first-order chi connectivity index (χ1) is 4.30. The summed E-state index contributed by atoms with van der Waals surface area (Å²) in [7, 11) is 0. The number of carboxylic acid groups (broad SMARTS) is 1. The van der Waals surface area contributed by atoms with E-state index in [1.54, 1.807) is 18.2 Å². The lowest BCUT2D eigenvalue weighted by Crippen LogP contribution is -2.21. The third kappa shape index (κ3) is 2.07. The van der Waals surface area contributed by atoms with Crippen LogP contribution in [-0.2, 0) is 0 Å². The number of rotatable bonds is 1. The summed E-state index contributed by atoms with van der Waals surface area (Å²) in [6.45, 7) is 0. The molecule has 0 atom stereocenters. The van der Waals surface area contributed by atoms with E-state index in [2.05, 4.69) is 0 Å². The Labute approximate surface area is 64.9 Å². The van der Waals surface area contributed by atoms with Gasteiger partial charge < -0.3 is 9.90 Å². The van der Waals surface area contributed by atoms with Gasteiger partial charge >= 0.3 is 12.4 Å². The van der Waals surface area contributed by atoms with Gasteiger partial charge in [0.1, 0.15) is 0 Å². The average Bonchev–Trinajstić information content (AvgIpc) is 1.90. The van der Waals surface area contributed by atoms with Gasteiger partial charge in [0.25, 0.3) is 0 Å². The average molecular weight is 157 g/mol. The highest BCUT2D eigenvalue weighted by molar-refractivity contribution is 5.85. The molecule has 0 heterocycles. The molecule has 0 spiro atoms. The summed E-state index contributed by atoms with van der Waals surface area (Å²) >= 11 is 0. The second-order valence-electron chi connectivity index (χ2n) is 1.65. The molecule has 52 valence electrons. The Hall–Kier alpha value is -1.02. The van der Waals surface area contributed by atoms with Crippen molar-refractivity contribution in [3.05, 3.63) is 35.9 Å². The van der Waals surface area contributed by atoms with Crippen molar-refractivity contribution in [2.75, 3.05) is 0 Å². The van der Waals surface area contributed by atoms with Crippen LogP contribution in [0.15, 0.2) is 30.3 Å². The Bertz CT molecular complexity index is 208. The molecule has 10 heavy (non-hydrogen) atoms. The summed E-state index contributed by atoms with van der Waals surface area (Å²) in [6, 6.07) is 8.06. The van der Waals surface area contributed by atoms with E-state index in [-0.39, 0.29) is 18.0 Å². The number of carboxylic acids is 1. The molecule has 1 rings (SSSR count). The summed E-state index contributed by atoms with van der Waals surface area (Å²) < 4.78 is 0. The van der Waals surface area contributed by atoms with Gasteiger partial charge in [0, 0.05) is 0 Å². The molecule has 0 bridgehead atoms. The maximum atomic E-state index is 10.1. The standard InChI is InChI=1S/C7H6O2.Cl/c8-7(9)6-4-2-1-3-5-6;/h1-5H,(H,8,9);/q;+1/p-1. The van der Waals surface area contributed by atoms with Crippen molar-refractivity contribution in [3.8, 4) is 0 Å². The SMILES string of the molecule is O=C([O-])c1ccccc1.[Cl+]. The second kappa shape index (κ2) is 3.90. The fraction of sp³-hybridized carbons (Fsp3) is 0. The van der Waals surface area contributed by atoms with Crippen LogP contribution in [0.4, 0.5) is 0 Å². The van der Waals surface area contributed by atoms with Crippen LogP contribution in [0.2, 0.25) is 0 Å². The van der Waals surface area contributed by atoms with E-state index in [0.717, 1.165) is 0 Å². The first-order valence-corrected chi connectivity index (χ1v) is 2.57. The quantitative estimate of drug-likeness (QED) is 0.577. The fourth-order valence-corrected chi connectivity index (χ4v) is 0.574. The van der Waals surface area contributed by atoms with E-state index >= 15 is 0 Å². The van der Waals surface area contributed by atoms with E-state index in [0.29, 0.717) is 0 Å². The maximum absolute atomic E-state index is 10.1. The van der Waals surface area contributed by atoms with Gasteiger partial charge in [-0.15, -0.1) is 0 Å². The molecule has 0 saturated carbocycles. The van der Waals surface area contributed by atoms with Crippen LogP contribution in [0.3, 0.4) is 0 Å². The highest BCUT2D eigenvalue weighted by Crippen LogP contribution is 1.94. The lowest BCUT2D eigenvalue weighted by atomic mass is 10.2. The molecule has 0 fully saturated rings. The van der Waals surface area contributed by atoms with Crippen molar-refractivity contribution in [2.45, 2.75) is 0 Å². The zero-order valence-electron chi connectivity index (χ0n) is 5.08. The minimum atomic E-state index is -1.13. The van der Waals surface area contributed by atoms with Crippen molar-refractivity contribution in [2.24, 2.45) is 0 Å². The first kappa shape index (κ1) is 8.98. The molecular weight excluding hydrogens is 152 g/mol. The van der Waals surface area contributed by atoms with Crippen LogP contribution in [0.5, 0.6) is 0 Å². The topological polar surface area (TPSA) is 40.1 Å². The summed E-state index contributed by atoms with van der Waals surface area (Å²) in [5.74, 6) is -1.13. The lowest BCUT2D eigenvalue weighted by molar-refractivity contribution is -0.255. The van der Waals surface area contributed by atoms with Crippen LogP contribution in [0, 0.1) is 12.4 Å². The van der Waals surface area contributed by atoms with E-state index in [4.69, 9.17) is 0 Å². The van der Waals surface area contributed by atoms with Gasteiger partial charge in [0.15, 0.2) is 0 Å². The fourth-order valence-electron chi connectivity index (χ4n) is 0.574. The number of hydrogen-bond donors (Lipinski definition) is 0. The van der Waals surface area contributed by atoms with Gasteiger partial charge in [-0.25, -0.2) is 0 Å². The van der Waals surface area contributed by atoms with E-state index in [1.807, 2.05) is 0 Å². The minimum Gasteiger partial charge on any atom is -0.545 e. The number of hydrogen-bond acceptors (Lipinski definition) is 2. The molecule has 0 aliphatic carbocycles. The molecule has 2 radical (unpaired) electrons. The monoisotopic (exact) mass is 156 g/mol. The third-order valence-corrected chi connectivity index (χ3v) is 1.01. The number of halogens is 1. The highest BCUT2D eigenvalue weighted by atomic mass is 35.5. The number of benzene rings is 1. The molecule has 0 N–H and O–H groups in total. The second-order valence-corrected chi connectivity index (χ2v) is 1.65. The van der Waals surface area contributed by atoms with Crippen LogP contribution in [0.25, 0.3) is 0 Å². The van der Waals surface area contributed by atoms with Gasteiger partial charge in [0.2, 0.25) is 0 Å². The van der Waals surface area contributed by atoms with Gasteiger partial charge in [-0.2, -0.15) is 0 Å². The van der Waals surface area contributed by atoms with Crippen LogP contribution in [-0.4, -0.2) is 5.97 Å². The van der Waals surface area contributed by atoms with Crippen molar-refractivity contribution in [1.82, 2.24) is 0 Å². The molecule has 1 aromatic rings. The molecule has 0 aliphatic heterocycles. The number of carbonyl (C=O) groups is 1. The predicted octanol–water partition coefficient (Wildman–Crippen LogP) is 0.0501. The minimum absolute atomic E-state index is 0. The number of aromatic carboxylic acids is 1. The van der Waals surface area contributed by atoms with Gasteiger partial charge in [-0.1, -0.05) is 30.3 Å². The van der Waals surface area contributed by atoms with Gasteiger partial charge in [-0.05, 0) is 5.56 Å². The molecular formula is C7H5ClO2. The third-order valence-electron chi connectivity index (χ3n) is 1.01. The van der Waals surface area contributed by atoms with Gasteiger partial charge in [-0.3, -0.25) is 0 Å². The summed E-state index contributed by atoms with van der Waals surface area (Å²) in [5.41, 5.74) is 0.220. The Morgan fingerprint density at radius 3 is 2.00 bits per heavy atom. The molecule has 2 nitrogen and oxygen atoms in total. The zero-order valence-corrected chi connectivity index (χ0v) is 5.84. The summed E-state index contributed by atoms with van der Waals surface area (Å²) in [4.78, 5) is 10.1. The summed E-state index contributed by atoms with van der Waals surface area (Å²) in [5, 5.41) is 10.1. The Kier molecular flexibility index (Phi) is 3.51. The lowest BCUT2D eigenvalue weighted by Gasteiger charge is -1.97. The first-order valence-electron chi connectivity index (χ1n) is 2.57. The molecule has 1 aromatic carbocycles. The molecule has 0 aliphatic rings. The molecule has 0 saturated heterocycles. The van der Waals surface area contributed by atoms with E-state index in [1.165, 1.54) is 12.1 Å². The van der Waals surface area contributed by atoms with Crippen LogP contribution >= 0.6 is 0 Å². The molecule has 0 unspecified atom stereocenters. The zero-order chi connectivity index (χ0) is 6.69. The van der Waals surface area contributed by atoms with Crippen LogP contribution < -0.4 is 5.11 Å². The van der Waals surface area contributed by atoms with Crippen molar-refractivity contribution in [1.29, 1.82) is 0 Å². The predicted molar refractivity (Wildman–Crippen MR) is 30.8 cm³/mol. The molecule has 0 aromatic heterocycles. The number of carbonyl (C=O) groups excluding carboxylic acids is 1. The highest BCUT2D eigenvalue weighted by Gasteiger charge is 1.85. The Morgan fingerprint density at radius 1 is 1.20 bits per heavy atom. The Morgan fingerprint density at radius 2 is 1.70 bits per heavy atom. The Balaban J connectivity index is 0.000000810. The normalized spacial score (nSPS) is 8.00. The van der Waals surface area contributed by atoms with E-state index in [9.17, 15) is 9.90 Å². The molecule has 3 heteroatoms. The smallest absolute Gasteiger partial charge is 0.545 e.